The fourth-order valence-corrected chi connectivity index (χ4v) is 1.95. The molecule has 90 valence electrons. The normalized spacial score (nSPS) is 11.0. The molecule has 1 heterocycles. The Balaban J connectivity index is 2.19. The Labute approximate surface area is 101 Å². The van der Waals surface area contributed by atoms with E-state index in [0.717, 1.165) is 23.7 Å². The number of rotatable bonds is 4. The summed E-state index contributed by atoms with van der Waals surface area (Å²) in [6, 6.07) is 10.1. The van der Waals surface area contributed by atoms with E-state index in [4.69, 9.17) is 0 Å². The van der Waals surface area contributed by atoms with Crippen LogP contribution in [-0.2, 0) is 0 Å². The summed E-state index contributed by atoms with van der Waals surface area (Å²) < 4.78 is 0. The predicted octanol–water partition coefficient (Wildman–Crippen LogP) is 3.09. The lowest BCUT2D eigenvalue weighted by Gasteiger charge is -2.13. The smallest absolute Gasteiger partial charge is 0.267 e. The van der Waals surface area contributed by atoms with Gasteiger partial charge < -0.3 is 10.3 Å². The van der Waals surface area contributed by atoms with Crippen molar-refractivity contribution >= 4 is 16.8 Å². The Morgan fingerprint density at radius 3 is 2.65 bits per heavy atom. The van der Waals surface area contributed by atoms with Gasteiger partial charge in [0.25, 0.3) is 5.91 Å². The molecule has 3 nitrogen and oxygen atoms in total. The van der Waals surface area contributed by atoms with Crippen LogP contribution in [0.3, 0.4) is 0 Å². The van der Waals surface area contributed by atoms with Crippen LogP contribution in [0.15, 0.2) is 30.3 Å². The molecule has 0 aliphatic rings. The largest absolute Gasteiger partial charge is 0.351 e. The fraction of sp³-hybridized carbons (Fsp3) is 0.357. The highest BCUT2D eigenvalue weighted by atomic mass is 16.1. The molecule has 17 heavy (non-hydrogen) atoms. The van der Waals surface area contributed by atoms with Crippen molar-refractivity contribution in [2.45, 2.75) is 32.7 Å². The van der Waals surface area contributed by atoms with Gasteiger partial charge in [0.05, 0.1) is 0 Å². The first-order valence-corrected chi connectivity index (χ1v) is 6.13. The Hall–Kier alpha value is -1.77. The van der Waals surface area contributed by atoms with Crippen LogP contribution in [0, 0.1) is 0 Å². The van der Waals surface area contributed by atoms with E-state index in [1.807, 2.05) is 30.3 Å². The van der Waals surface area contributed by atoms with Crippen LogP contribution >= 0.6 is 0 Å². The van der Waals surface area contributed by atoms with Gasteiger partial charge in [-0.1, -0.05) is 32.0 Å². The number of aromatic amines is 1. The zero-order valence-electron chi connectivity index (χ0n) is 10.3. The summed E-state index contributed by atoms with van der Waals surface area (Å²) in [5.41, 5.74) is 1.64. The van der Waals surface area contributed by atoms with Gasteiger partial charge in [0.15, 0.2) is 0 Å². The molecule has 0 aliphatic heterocycles. The second-order valence-corrected chi connectivity index (χ2v) is 4.26. The Morgan fingerprint density at radius 2 is 2.00 bits per heavy atom. The van der Waals surface area contributed by atoms with E-state index in [1.165, 1.54) is 0 Å². The lowest BCUT2D eigenvalue weighted by atomic mass is 10.1. The first kappa shape index (κ1) is 11.7. The van der Waals surface area contributed by atoms with E-state index in [9.17, 15) is 4.79 Å². The molecule has 0 saturated heterocycles. The van der Waals surface area contributed by atoms with Gasteiger partial charge in [-0.3, -0.25) is 4.79 Å². The molecule has 0 bridgehead atoms. The maximum Gasteiger partial charge on any atom is 0.267 e. The molecular weight excluding hydrogens is 212 g/mol. The van der Waals surface area contributed by atoms with Crippen LogP contribution in [0.2, 0.25) is 0 Å². The van der Waals surface area contributed by atoms with Crippen LogP contribution in [0.5, 0.6) is 0 Å². The Kier molecular flexibility index (Phi) is 3.47. The van der Waals surface area contributed by atoms with Gasteiger partial charge in [0, 0.05) is 16.9 Å². The highest BCUT2D eigenvalue weighted by Gasteiger charge is 2.12. The van der Waals surface area contributed by atoms with E-state index in [-0.39, 0.29) is 11.9 Å². The number of hydrogen-bond acceptors (Lipinski definition) is 1. The van der Waals surface area contributed by atoms with E-state index in [2.05, 4.69) is 24.1 Å². The van der Waals surface area contributed by atoms with Crippen LogP contribution in [0.4, 0.5) is 0 Å². The number of nitrogens with one attached hydrogen (secondary N) is 2. The standard InChI is InChI=1S/C14H18N2O/c1-3-11(4-2)15-14(17)13-9-10-7-5-6-8-12(10)16-13/h5-9,11,16H,3-4H2,1-2H3,(H,15,17). The zero-order valence-corrected chi connectivity index (χ0v) is 10.3. The molecule has 0 radical (unpaired) electrons. The molecule has 2 rings (SSSR count). The molecule has 0 fully saturated rings. The van der Waals surface area contributed by atoms with Gasteiger partial charge in [0.1, 0.15) is 5.69 Å². The average molecular weight is 230 g/mol. The maximum absolute atomic E-state index is 12.0. The summed E-state index contributed by atoms with van der Waals surface area (Å²) >= 11 is 0. The second kappa shape index (κ2) is 5.04. The molecule has 0 unspecified atom stereocenters. The van der Waals surface area contributed by atoms with Gasteiger partial charge in [-0.05, 0) is 25.0 Å². The van der Waals surface area contributed by atoms with Crippen molar-refractivity contribution in [2.75, 3.05) is 0 Å². The average Bonchev–Trinajstić information content (AvgIpc) is 2.79. The number of hydrogen-bond donors (Lipinski definition) is 2. The van der Waals surface area contributed by atoms with Gasteiger partial charge >= 0.3 is 0 Å². The van der Waals surface area contributed by atoms with E-state index in [0.29, 0.717) is 5.69 Å². The molecule has 0 spiro atoms. The number of carbonyl (C=O) groups is 1. The summed E-state index contributed by atoms with van der Waals surface area (Å²) in [5, 5.41) is 4.09. The topological polar surface area (TPSA) is 44.9 Å². The molecule has 0 atom stereocenters. The predicted molar refractivity (Wildman–Crippen MR) is 70.1 cm³/mol. The highest BCUT2D eigenvalue weighted by Crippen LogP contribution is 2.14. The lowest BCUT2D eigenvalue weighted by molar-refractivity contribution is 0.0930. The van der Waals surface area contributed by atoms with Crippen molar-refractivity contribution in [1.29, 1.82) is 0 Å². The number of benzene rings is 1. The molecule has 1 aromatic heterocycles. The number of fused-ring (bicyclic) bond motifs is 1. The first-order chi connectivity index (χ1) is 8.24. The number of H-pyrrole nitrogens is 1. The quantitative estimate of drug-likeness (QED) is 0.833. The van der Waals surface area contributed by atoms with Crippen molar-refractivity contribution < 1.29 is 4.79 Å². The van der Waals surface area contributed by atoms with E-state index >= 15 is 0 Å². The minimum absolute atomic E-state index is 0.0186. The van der Waals surface area contributed by atoms with Crippen molar-refractivity contribution in [1.82, 2.24) is 10.3 Å². The Bertz CT molecular complexity index is 479. The van der Waals surface area contributed by atoms with E-state index in [1.54, 1.807) is 0 Å². The van der Waals surface area contributed by atoms with Crippen molar-refractivity contribution in [3.63, 3.8) is 0 Å². The van der Waals surface area contributed by atoms with Crippen molar-refractivity contribution in [3.8, 4) is 0 Å². The maximum atomic E-state index is 12.0. The Morgan fingerprint density at radius 1 is 1.29 bits per heavy atom. The molecule has 2 N–H and O–H groups in total. The van der Waals surface area contributed by atoms with Crippen LogP contribution < -0.4 is 5.32 Å². The molecule has 0 aliphatic carbocycles. The van der Waals surface area contributed by atoms with Gasteiger partial charge in [0.2, 0.25) is 0 Å². The van der Waals surface area contributed by atoms with Crippen molar-refractivity contribution in [2.24, 2.45) is 0 Å². The monoisotopic (exact) mass is 230 g/mol. The third kappa shape index (κ3) is 2.49. The molecule has 2 aromatic rings. The third-order valence-electron chi connectivity index (χ3n) is 3.10. The molecule has 1 aromatic carbocycles. The van der Waals surface area contributed by atoms with Crippen LogP contribution in [0.25, 0.3) is 10.9 Å². The van der Waals surface area contributed by atoms with Gasteiger partial charge in [-0.2, -0.15) is 0 Å². The fourth-order valence-electron chi connectivity index (χ4n) is 1.95. The molecule has 3 heteroatoms. The zero-order chi connectivity index (χ0) is 12.3. The third-order valence-corrected chi connectivity index (χ3v) is 3.10. The van der Waals surface area contributed by atoms with E-state index < -0.39 is 0 Å². The van der Waals surface area contributed by atoms with Gasteiger partial charge in [-0.15, -0.1) is 0 Å². The van der Waals surface area contributed by atoms with Gasteiger partial charge in [-0.25, -0.2) is 0 Å². The number of carbonyl (C=O) groups excluding carboxylic acids is 1. The summed E-state index contributed by atoms with van der Waals surface area (Å²) in [6.07, 6.45) is 1.92. The first-order valence-electron chi connectivity index (χ1n) is 6.13. The van der Waals surface area contributed by atoms with Crippen LogP contribution in [0.1, 0.15) is 37.2 Å². The summed E-state index contributed by atoms with van der Waals surface area (Å²) in [6.45, 7) is 4.17. The number of amides is 1. The minimum atomic E-state index is -0.0186. The summed E-state index contributed by atoms with van der Waals surface area (Å²) in [5.74, 6) is -0.0186. The SMILES string of the molecule is CCC(CC)NC(=O)c1cc2ccccc2[nH]1. The van der Waals surface area contributed by atoms with Crippen molar-refractivity contribution in [3.05, 3.63) is 36.0 Å². The highest BCUT2D eigenvalue weighted by molar-refractivity contribution is 5.98. The lowest BCUT2D eigenvalue weighted by Crippen LogP contribution is -2.33. The van der Waals surface area contributed by atoms with Crippen LogP contribution in [-0.4, -0.2) is 16.9 Å². The number of aromatic nitrogens is 1. The second-order valence-electron chi connectivity index (χ2n) is 4.26. The summed E-state index contributed by atoms with van der Waals surface area (Å²) in [4.78, 5) is 15.1. The number of para-hydroxylation sites is 1. The summed E-state index contributed by atoms with van der Waals surface area (Å²) in [7, 11) is 0. The molecule has 0 saturated carbocycles. The minimum Gasteiger partial charge on any atom is -0.351 e. The molecular formula is C14H18N2O. The molecule has 1 amide bonds.